The van der Waals surface area contributed by atoms with Crippen molar-refractivity contribution in [2.45, 2.75) is 84.2 Å². The van der Waals surface area contributed by atoms with E-state index < -0.39 is 5.54 Å². The summed E-state index contributed by atoms with van der Waals surface area (Å²) >= 11 is 1.75. The van der Waals surface area contributed by atoms with Gasteiger partial charge in [-0.05, 0) is 80.7 Å². The fraction of sp³-hybridized carbons (Fsp3) is 0.586. The fourth-order valence-electron chi connectivity index (χ4n) is 5.26. The van der Waals surface area contributed by atoms with Crippen molar-refractivity contribution in [2.75, 3.05) is 19.7 Å². The van der Waals surface area contributed by atoms with Crippen LogP contribution in [0.15, 0.2) is 35.7 Å². The van der Waals surface area contributed by atoms with Crippen LogP contribution < -0.4 is 4.74 Å². The monoisotopic (exact) mass is 496 g/mol. The van der Waals surface area contributed by atoms with Gasteiger partial charge < -0.3 is 14.5 Å². The summed E-state index contributed by atoms with van der Waals surface area (Å²) in [5.41, 5.74) is 2.06. The molecule has 1 fully saturated rings. The lowest BCUT2D eigenvalue weighted by molar-refractivity contribution is -0.149. The largest absolute Gasteiger partial charge is 0.491 e. The molecule has 2 aromatic rings. The van der Waals surface area contributed by atoms with E-state index in [1.54, 1.807) is 11.3 Å². The number of ether oxygens (including phenoxy) is 1. The number of benzene rings is 1. The maximum Gasteiger partial charge on any atom is 0.242 e. The van der Waals surface area contributed by atoms with Crippen LogP contribution in [0.5, 0.6) is 5.75 Å². The van der Waals surface area contributed by atoms with E-state index in [2.05, 4.69) is 37.4 Å². The summed E-state index contributed by atoms with van der Waals surface area (Å²) in [6, 6.07) is 10.2. The zero-order valence-electron chi connectivity index (χ0n) is 21.9. The van der Waals surface area contributed by atoms with E-state index in [1.807, 2.05) is 42.7 Å². The van der Waals surface area contributed by atoms with Crippen molar-refractivity contribution in [3.8, 4) is 5.75 Å². The zero-order chi connectivity index (χ0) is 25.2. The molecule has 2 aliphatic rings. The van der Waals surface area contributed by atoms with Crippen molar-refractivity contribution >= 4 is 23.2 Å². The van der Waals surface area contributed by atoms with E-state index in [1.165, 1.54) is 16.0 Å². The molecule has 1 atom stereocenters. The molecule has 0 spiro atoms. The Bertz CT molecular complexity index is 1020. The van der Waals surface area contributed by atoms with Gasteiger partial charge in [-0.1, -0.05) is 38.8 Å². The lowest BCUT2D eigenvalue weighted by atomic mass is 9.98. The third-order valence-corrected chi connectivity index (χ3v) is 8.44. The minimum absolute atomic E-state index is 0.00637. The number of thiophene rings is 1. The van der Waals surface area contributed by atoms with E-state index in [9.17, 15) is 9.59 Å². The average molecular weight is 497 g/mol. The van der Waals surface area contributed by atoms with Gasteiger partial charge in [-0.2, -0.15) is 0 Å². The van der Waals surface area contributed by atoms with E-state index in [0.717, 1.165) is 37.9 Å². The maximum absolute atomic E-state index is 13.7. The second kappa shape index (κ2) is 10.7. The maximum atomic E-state index is 13.7. The van der Waals surface area contributed by atoms with Gasteiger partial charge in [0.15, 0.2) is 0 Å². The highest BCUT2D eigenvalue weighted by Crippen LogP contribution is 2.35. The smallest absolute Gasteiger partial charge is 0.242 e. The van der Waals surface area contributed by atoms with Gasteiger partial charge in [-0.25, -0.2) is 0 Å². The van der Waals surface area contributed by atoms with Gasteiger partial charge >= 0.3 is 0 Å². The molecule has 2 heterocycles. The first-order chi connectivity index (χ1) is 16.6. The highest BCUT2D eigenvalue weighted by molar-refractivity contribution is 7.10. The van der Waals surface area contributed by atoms with Crippen LogP contribution in [0.1, 0.15) is 88.3 Å². The fourth-order valence-corrected chi connectivity index (χ4v) is 6.19. The van der Waals surface area contributed by atoms with E-state index in [-0.39, 0.29) is 30.3 Å². The van der Waals surface area contributed by atoms with Gasteiger partial charge in [-0.15, -0.1) is 11.3 Å². The summed E-state index contributed by atoms with van der Waals surface area (Å²) in [6.45, 7) is 11.6. The van der Waals surface area contributed by atoms with Gasteiger partial charge in [0.2, 0.25) is 11.8 Å². The summed E-state index contributed by atoms with van der Waals surface area (Å²) in [5, 5.41) is 2.11. The predicted molar refractivity (Wildman–Crippen MR) is 142 cm³/mol. The van der Waals surface area contributed by atoms with Crippen LogP contribution in [0.4, 0.5) is 0 Å². The lowest BCUT2D eigenvalue weighted by Gasteiger charge is -2.41. The van der Waals surface area contributed by atoms with Crippen molar-refractivity contribution < 1.29 is 14.3 Å². The van der Waals surface area contributed by atoms with Gasteiger partial charge in [0.1, 0.15) is 18.9 Å². The van der Waals surface area contributed by atoms with Crippen LogP contribution >= 0.6 is 11.3 Å². The number of carbonyl (C=O) groups excluding carboxylic acids is 2. The molecule has 35 heavy (non-hydrogen) atoms. The summed E-state index contributed by atoms with van der Waals surface area (Å²) in [4.78, 5) is 32.2. The highest BCUT2D eigenvalue weighted by atomic mass is 32.1. The number of hydrogen-bond donors (Lipinski definition) is 0. The molecule has 0 bridgehead atoms. The third-order valence-electron chi connectivity index (χ3n) is 7.44. The SMILES string of the molecule is CC(C)c1ccc(OC[C@@H]2c3ccsc3CCN2C(=O)CN(C(=O)C2CCCC2)C(C)(C)C)cc1. The first-order valence-electron chi connectivity index (χ1n) is 13.0. The molecule has 0 N–H and O–H groups in total. The van der Waals surface area contributed by atoms with Crippen molar-refractivity contribution in [2.24, 2.45) is 5.92 Å². The van der Waals surface area contributed by atoms with E-state index >= 15 is 0 Å². The molecule has 4 rings (SSSR count). The average Bonchev–Trinajstić information content (AvgIpc) is 3.52. The summed E-state index contributed by atoms with van der Waals surface area (Å²) < 4.78 is 6.22. The van der Waals surface area contributed by atoms with E-state index in [4.69, 9.17) is 4.74 Å². The number of fused-ring (bicyclic) bond motifs is 1. The Balaban J connectivity index is 1.50. The summed E-state index contributed by atoms with van der Waals surface area (Å²) in [5.74, 6) is 1.49. The Morgan fingerprint density at radius 2 is 1.80 bits per heavy atom. The molecule has 190 valence electrons. The number of carbonyl (C=O) groups is 2. The molecule has 0 saturated heterocycles. The number of amides is 2. The minimum Gasteiger partial charge on any atom is -0.491 e. The molecule has 1 aliphatic carbocycles. The summed E-state index contributed by atoms with van der Waals surface area (Å²) in [7, 11) is 0. The molecule has 1 aromatic carbocycles. The molecule has 2 amide bonds. The van der Waals surface area contributed by atoms with Gasteiger partial charge in [0, 0.05) is 22.9 Å². The number of hydrogen-bond acceptors (Lipinski definition) is 4. The van der Waals surface area contributed by atoms with Crippen molar-refractivity contribution in [1.82, 2.24) is 9.80 Å². The molecule has 5 nitrogen and oxygen atoms in total. The van der Waals surface area contributed by atoms with Crippen LogP contribution in [0.25, 0.3) is 0 Å². The van der Waals surface area contributed by atoms with Gasteiger partial charge in [0.25, 0.3) is 0 Å². The molecule has 0 radical (unpaired) electrons. The number of nitrogens with zero attached hydrogens (tertiary/aromatic N) is 2. The molecular weight excluding hydrogens is 456 g/mol. The van der Waals surface area contributed by atoms with Crippen LogP contribution in [0.2, 0.25) is 0 Å². The number of rotatable bonds is 7. The molecule has 1 saturated carbocycles. The van der Waals surface area contributed by atoms with Crippen molar-refractivity contribution in [3.05, 3.63) is 51.7 Å². The molecule has 1 aromatic heterocycles. The third kappa shape index (κ3) is 5.91. The van der Waals surface area contributed by atoms with Crippen LogP contribution in [-0.2, 0) is 16.0 Å². The first kappa shape index (κ1) is 25.7. The second-order valence-corrected chi connectivity index (χ2v) is 12.3. The van der Waals surface area contributed by atoms with Gasteiger partial charge in [-0.3, -0.25) is 9.59 Å². The quantitative estimate of drug-likeness (QED) is 0.459. The molecular formula is C29H40N2O3S. The molecule has 1 aliphatic heterocycles. The Morgan fingerprint density at radius 1 is 1.11 bits per heavy atom. The van der Waals surface area contributed by atoms with Crippen molar-refractivity contribution in [3.63, 3.8) is 0 Å². The topological polar surface area (TPSA) is 49.9 Å². The van der Waals surface area contributed by atoms with E-state index in [0.29, 0.717) is 19.1 Å². The summed E-state index contributed by atoms with van der Waals surface area (Å²) in [6.07, 6.45) is 4.94. The molecule has 6 heteroatoms. The Kier molecular flexibility index (Phi) is 7.89. The standard InChI is InChI=1S/C29H40N2O3S/c1-20(2)21-10-12-23(13-11-21)34-19-25-24-15-17-35-26(24)14-16-30(25)27(32)18-31(29(3,4)5)28(33)22-8-6-7-9-22/h10-13,15,17,20,22,25H,6-9,14,16,18-19H2,1-5H3/t25-/m1/s1. The Hall–Kier alpha value is -2.34. The minimum atomic E-state index is -0.400. The zero-order valence-corrected chi connectivity index (χ0v) is 22.7. The highest BCUT2D eigenvalue weighted by Gasteiger charge is 2.38. The van der Waals surface area contributed by atoms with Crippen LogP contribution in [0, 0.1) is 5.92 Å². The van der Waals surface area contributed by atoms with Crippen LogP contribution in [0.3, 0.4) is 0 Å². The van der Waals surface area contributed by atoms with Crippen molar-refractivity contribution in [1.29, 1.82) is 0 Å². The lowest BCUT2D eigenvalue weighted by Crippen LogP contribution is -2.54. The second-order valence-electron chi connectivity index (χ2n) is 11.3. The molecule has 0 unspecified atom stereocenters. The normalized spacial score (nSPS) is 18.6. The van der Waals surface area contributed by atoms with Gasteiger partial charge in [0.05, 0.1) is 6.04 Å². The Labute approximate surface area is 214 Å². The van der Waals surface area contributed by atoms with Crippen LogP contribution in [-0.4, -0.2) is 46.8 Å². The first-order valence-corrected chi connectivity index (χ1v) is 13.9. The predicted octanol–water partition coefficient (Wildman–Crippen LogP) is 6.19. The Morgan fingerprint density at radius 3 is 2.43 bits per heavy atom.